The molecule has 8 nitrogen and oxygen atoms in total. The fraction of sp³-hybridized carbons (Fsp3) is 0.391. The van der Waals surface area contributed by atoms with Crippen LogP contribution in [0.25, 0.3) is 0 Å². The lowest BCUT2D eigenvalue weighted by Crippen LogP contribution is -2.32. The summed E-state index contributed by atoms with van der Waals surface area (Å²) in [6.07, 6.45) is 0.493. The van der Waals surface area contributed by atoms with E-state index in [2.05, 4.69) is 5.32 Å². The fourth-order valence-electron chi connectivity index (χ4n) is 3.80. The number of amides is 1. The topological polar surface area (TPSA) is 113 Å². The molecular formula is C23H30N2O6S. The highest BCUT2D eigenvalue weighted by Gasteiger charge is 2.31. The lowest BCUT2D eigenvalue weighted by molar-refractivity contribution is -0.137. The van der Waals surface area contributed by atoms with E-state index in [9.17, 15) is 23.1 Å². The second-order valence-electron chi connectivity index (χ2n) is 7.83. The van der Waals surface area contributed by atoms with Crippen molar-refractivity contribution in [2.45, 2.75) is 43.5 Å². The second-order valence-corrected chi connectivity index (χ2v) is 9.73. The van der Waals surface area contributed by atoms with E-state index in [4.69, 9.17) is 4.74 Å². The van der Waals surface area contributed by atoms with E-state index in [0.29, 0.717) is 12.2 Å². The number of ether oxygens (including phenoxy) is 1. The molecule has 1 atom stereocenters. The minimum absolute atomic E-state index is 0. The third kappa shape index (κ3) is 5.46. The summed E-state index contributed by atoms with van der Waals surface area (Å²) in [6.45, 7) is 2.48. The van der Waals surface area contributed by atoms with E-state index < -0.39 is 16.0 Å². The summed E-state index contributed by atoms with van der Waals surface area (Å²) in [6, 6.07) is 12.2. The van der Waals surface area contributed by atoms with Crippen LogP contribution in [0.4, 0.5) is 0 Å². The zero-order valence-corrected chi connectivity index (χ0v) is 19.0. The van der Waals surface area contributed by atoms with Gasteiger partial charge in [0.25, 0.3) is 0 Å². The van der Waals surface area contributed by atoms with Crippen molar-refractivity contribution in [1.29, 1.82) is 0 Å². The van der Waals surface area contributed by atoms with Gasteiger partial charge in [-0.05, 0) is 48.1 Å². The first-order valence-electron chi connectivity index (χ1n) is 10.5. The fourth-order valence-corrected chi connectivity index (χ4v) is 5.33. The van der Waals surface area contributed by atoms with Gasteiger partial charge in [-0.15, -0.1) is 0 Å². The standard InChI is InChI=1S/C23H28N2O6S.H2/c1-16-7-8-17(18(14-23(27)28)9-10-22(26)24-2)13-19(16)15-25-11-12-31-20-5-3-4-6-21(20)32(25,29)30;/h3-8,13,18H,9-12,14-15H2,1-2H3,(H,24,26)(H,27,28);1H. The Morgan fingerprint density at radius 3 is 2.72 bits per heavy atom. The van der Waals surface area contributed by atoms with Crippen LogP contribution in [0.5, 0.6) is 5.75 Å². The van der Waals surface area contributed by atoms with Gasteiger partial charge >= 0.3 is 5.97 Å². The Kier molecular flexibility index (Phi) is 7.52. The molecule has 174 valence electrons. The van der Waals surface area contributed by atoms with Crippen molar-refractivity contribution in [2.24, 2.45) is 0 Å². The van der Waals surface area contributed by atoms with Crippen molar-refractivity contribution in [2.75, 3.05) is 20.2 Å². The summed E-state index contributed by atoms with van der Waals surface area (Å²) in [5.74, 6) is -1.11. The molecule has 0 fully saturated rings. The van der Waals surface area contributed by atoms with Crippen molar-refractivity contribution in [3.63, 3.8) is 0 Å². The number of carbonyl (C=O) groups excluding carboxylic acids is 1. The highest BCUT2D eigenvalue weighted by molar-refractivity contribution is 7.89. The molecule has 32 heavy (non-hydrogen) atoms. The SMILES string of the molecule is CNC(=O)CCC(CC(=O)O)c1ccc(C)c(CN2CCOc3ccccc3S2(=O)=O)c1.[HH]. The number of rotatable bonds is 8. The average molecular weight is 463 g/mol. The first kappa shape index (κ1) is 23.7. The Bertz CT molecular complexity index is 1110. The number of sulfonamides is 1. The predicted octanol–water partition coefficient (Wildman–Crippen LogP) is 2.91. The van der Waals surface area contributed by atoms with Gasteiger partial charge in [-0.25, -0.2) is 8.42 Å². The normalized spacial score (nSPS) is 16.3. The van der Waals surface area contributed by atoms with E-state index in [1.165, 1.54) is 10.4 Å². The van der Waals surface area contributed by atoms with E-state index in [1.807, 2.05) is 25.1 Å². The molecule has 1 unspecified atom stereocenters. The quantitative estimate of drug-likeness (QED) is 0.624. The maximum absolute atomic E-state index is 13.2. The van der Waals surface area contributed by atoms with Gasteiger partial charge in [-0.3, -0.25) is 9.59 Å². The third-order valence-electron chi connectivity index (χ3n) is 5.68. The Labute approximate surface area is 189 Å². The van der Waals surface area contributed by atoms with Crippen molar-refractivity contribution in [1.82, 2.24) is 9.62 Å². The maximum Gasteiger partial charge on any atom is 0.303 e. The lowest BCUT2D eigenvalue weighted by atomic mass is 9.89. The van der Waals surface area contributed by atoms with Gasteiger partial charge in [-0.2, -0.15) is 4.31 Å². The van der Waals surface area contributed by atoms with Crippen molar-refractivity contribution in [3.8, 4) is 5.75 Å². The molecule has 2 aromatic carbocycles. The number of carboxylic acid groups (broad SMARTS) is 1. The lowest BCUT2D eigenvalue weighted by Gasteiger charge is -2.22. The Morgan fingerprint density at radius 1 is 1.25 bits per heavy atom. The molecule has 1 aliphatic rings. The van der Waals surface area contributed by atoms with Crippen LogP contribution >= 0.6 is 0 Å². The molecule has 0 bridgehead atoms. The second kappa shape index (κ2) is 10.1. The van der Waals surface area contributed by atoms with Crippen LogP contribution in [0.1, 0.15) is 43.3 Å². The summed E-state index contributed by atoms with van der Waals surface area (Å²) in [5, 5.41) is 11.9. The number of benzene rings is 2. The summed E-state index contributed by atoms with van der Waals surface area (Å²) < 4.78 is 33.5. The number of aliphatic carboxylic acids is 1. The van der Waals surface area contributed by atoms with Crippen molar-refractivity contribution >= 4 is 21.9 Å². The number of nitrogens with one attached hydrogen (secondary N) is 1. The monoisotopic (exact) mass is 462 g/mol. The van der Waals surface area contributed by atoms with Crippen LogP contribution in [0.2, 0.25) is 0 Å². The van der Waals surface area contributed by atoms with E-state index in [0.717, 1.165) is 16.7 Å². The molecular weight excluding hydrogens is 432 g/mol. The number of carboxylic acids is 1. The zero-order chi connectivity index (χ0) is 23.3. The minimum atomic E-state index is -3.75. The molecule has 0 saturated heterocycles. The van der Waals surface area contributed by atoms with Crippen LogP contribution in [0.15, 0.2) is 47.4 Å². The summed E-state index contributed by atoms with van der Waals surface area (Å²) in [5.41, 5.74) is 2.48. The van der Waals surface area contributed by atoms with Crippen LogP contribution in [-0.2, 0) is 26.2 Å². The predicted molar refractivity (Wildman–Crippen MR) is 121 cm³/mol. The number of nitrogens with zero attached hydrogens (tertiary/aromatic N) is 1. The molecule has 2 aromatic rings. The van der Waals surface area contributed by atoms with Crippen molar-refractivity contribution < 1.29 is 29.3 Å². The molecule has 1 aliphatic heterocycles. The largest absolute Gasteiger partial charge is 0.491 e. The van der Waals surface area contributed by atoms with Crippen molar-refractivity contribution in [3.05, 3.63) is 59.2 Å². The molecule has 0 aromatic heterocycles. The molecule has 2 N–H and O–H groups in total. The van der Waals surface area contributed by atoms with Gasteiger partial charge in [0.1, 0.15) is 17.3 Å². The van der Waals surface area contributed by atoms with Gasteiger partial charge < -0.3 is 15.2 Å². The molecule has 3 rings (SSSR count). The number of aryl methyl sites for hydroxylation is 1. The van der Waals surface area contributed by atoms with Crippen LogP contribution in [-0.4, -0.2) is 49.9 Å². The number of hydrogen-bond donors (Lipinski definition) is 2. The first-order chi connectivity index (χ1) is 15.2. The molecule has 0 aliphatic carbocycles. The molecule has 0 saturated carbocycles. The molecule has 0 spiro atoms. The van der Waals surface area contributed by atoms with E-state index in [1.54, 1.807) is 25.2 Å². The number of hydrogen-bond acceptors (Lipinski definition) is 5. The maximum atomic E-state index is 13.2. The highest BCUT2D eigenvalue weighted by Crippen LogP contribution is 2.32. The first-order valence-corrected chi connectivity index (χ1v) is 11.9. The van der Waals surface area contributed by atoms with Crippen LogP contribution in [0.3, 0.4) is 0 Å². The molecule has 9 heteroatoms. The van der Waals surface area contributed by atoms with Gasteiger partial charge in [-0.1, -0.05) is 30.3 Å². The Morgan fingerprint density at radius 2 is 2.00 bits per heavy atom. The smallest absolute Gasteiger partial charge is 0.303 e. The van der Waals surface area contributed by atoms with Crippen LogP contribution in [0, 0.1) is 6.92 Å². The Balaban J connectivity index is 0.00000385. The van der Waals surface area contributed by atoms with Crippen LogP contribution < -0.4 is 10.1 Å². The minimum Gasteiger partial charge on any atom is -0.491 e. The molecule has 0 radical (unpaired) electrons. The summed E-state index contributed by atoms with van der Waals surface area (Å²) >= 11 is 0. The average Bonchev–Trinajstić information content (AvgIpc) is 2.88. The molecule has 1 heterocycles. The highest BCUT2D eigenvalue weighted by atomic mass is 32.2. The van der Waals surface area contributed by atoms with Gasteiger partial charge in [0.2, 0.25) is 15.9 Å². The van der Waals surface area contributed by atoms with Gasteiger partial charge in [0.15, 0.2) is 0 Å². The third-order valence-corrected chi connectivity index (χ3v) is 7.56. The summed E-state index contributed by atoms with van der Waals surface area (Å²) in [7, 11) is -2.21. The van der Waals surface area contributed by atoms with E-state index >= 15 is 0 Å². The van der Waals surface area contributed by atoms with Gasteiger partial charge in [0.05, 0.1) is 6.42 Å². The Hall–Kier alpha value is -2.91. The zero-order valence-electron chi connectivity index (χ0n) is 18.2. The number of fused-ring (bicyclic) bond motifs is 1. The number of para-hydroxylation sites is 1. The number of carbonyl (C=O) groups is 2. The summed E-state index contributed by atoms with van der Waals surface area (Å²) in [4.78, 5) is 23.2. The van der Waals surface area contributed by atoms with Gasteiger partial charge in [0, 0.05) is 28.0 Å². The van der Waals surface area contributed by atoms with E-state index in [-0.39, 0.29) is 50.7 Å². The molecule has 1 amide bonds.